The lowest BCUT2D eigenvalue weighted by Crippen LogP contribution is -2.05. The van der Waals surface area contributed by atoms with Gasteiger partial charge in [-0.15, -0.1) is 0 Å². The molecule has 0 aliphatic carbocycles. The van der Waals surface area contributed by atoms with Crippen molar-refractivity contribution in [2.45, 2.75) is 20.5 Å². The number of esters is 1. The number of hydrogen-bond acceptors (Lipinski definition) is 3. The lowest BCUT2D eigenvalue weighted by molar-refractivity contribution is -0.140. The first-order valence-electron chi connectivity index (χ1n) is 4.33. The number of hydrogen-bond donors (Lipinski definition) is 0. The summed E-state index contributed by atoms with van der Waals surface area (Å²) in [5.74, 6) is -0.381. The monoisotopic (exact) mass is 194 g/mol. The van der Waals surface area contributed by atoms with E-state index in [-0.39, 0.29) is 12.6 Å². The van der Waals surface area contributed by atoms with Crippen LogP contribution in [0.1, 0.15) is 18.3 Å². The molecule has 14 heavy (non-hydrogen) atoms. The quantitative estimate of drug-likeness (QED) is 0.539. The van der Waals surface area contributed by atoms with Crippen molar-refractivity contribution >= 4 is 5.97 Å². The third-order valence-electron chi connectivity index (χ3n) is 1.86. The Balaban J connectivity index is 2.54. The van der Waals surface area contributed by atoms with Gasteiger partial charge >= 0.3 is 5.97 Å². The molecule has 0 aromatic carbocycles. The van der Waals surface area contributed by atoms with E-state index in [1.807, 2.05) is 20.0 Å². The second-order valence-corrected chi connectivity index (χ2v) is 3.26. The van der Waals surface area contributed by atoms with Gasteiger partial charge in [-0.25, -0.2) is 4.79 Å². The van der Waals surface area contributed by atoms with Crippen molar-refractivity contribution in [3.8, 4) is 0 Å². The summed E-state index contributed by atoms with van der Waals surface area (Å²) >= 11 is 0. The van der Waals surface area contributed by atoms with Gasteiger partial charge in [0.15, 0.2) is 0 Å². The maximum absolute atomic E-state index is 11.1. The van der Waals surface area contributed by atoms with Crippen molar-refractivity contribution in [1.82, 2.24) is 9.78 Å². The van der Waals surface area contributed by atoms with E-state index in [0.29, 0.717) is 5.57 Å². The Morgan fingerprint density at radius 3 is 2.79 bits per heavy atom. The number of ether oxygens (including phenoxy) is 1. The molecule has 0 N–H and O–H groups in total. The molecule has 0 fully saturated rings. The molecule has 1 rings (SSSR count). The first-order chi connectivity index (χ1) is 6.50. The van der Waals surface area contributed by atoms with Gasteiger partial charge in [0.2, 0.25) is 0 Å². The Labute approximate surface area is 83.2 Å². The fourth-order valence-electron chi connectivity index (χ4n) is 0.968. The summed E-state index contributed by atoms with van der Waals surface area (Å²) in [5.41, 5.74) is 2.18. The average molecular weight is 194 g/mol. The first kappa shape index (κ1) is 10.5. The molecular formula is C10H14N2O2. The topological polar surface area (TPSA) is 44.1 Å². The second-order valence-electron chi connectivity index (χ2n) is 3.26. The van der Waals surface area contributed by atoms with Crippen molar-refractivity contribution < 1.29 is 9.53 Å². The maximum Gasteiger partial charge on any atom is 0.333 e. The molecule has 0 aliphatic heterocycles. The van der Waals surface area contributed by atoms with Crippen LogP contribution in [0.4, 0.5) is 0 Å². The summed E-state index contributed by atoms with van der Waals surface area (Å²) < 4.78 is 6.68. The molecule has 0 bridgehead atoms. The minimum absolute atomic E-state index is 0.202. The number of carbonyl (C=O) groups excluding carboxylic acids is 1. The standard InChI is InChI=1S/C10H14N2O2/c1-7(2)10(13)14-6-9-5-8(3)12(4)11-9/h5H,1,6H2,2-4H3. The van der Waals surface area contributed by atoms with Gasteiger partial charge in [0, 0.05) is 18.3 Å². The van der Waals surface area contributed by atoms with Crippen molar-refractivity contribution in [3.05, 3.63) is 29.6 Å². The highest BCUT2D eigenvalue weighted by Crippen LogP contribution is 2.04. The molecule has 1 aromatic heterocycles. The Morgan fingerprint density at radius 1 is 1.71 bits per heavy atom. The lowest BCUT2D eigenvalue weighted by atomic mass is 10.3. The molecule has 0 saturated carbocycles. The normalized spacial score (nSPS) is 9.93. The number of carbonyl (C=O) groups is 1. The zero-order valence-electron chi connectivity index (χ0n) is 8.70. The third-order valence-corrected chi connectivity index (χ3v) is 1.86. The summed E-state index contributed by atoms with van der Waals surface area (Å²) in [7, 11) is 1.85. The van der Waals surface area contributed by atoms with E-state index in [1.54, 1.807) is 11.6 Å². The van der Waals surface area contributed by atoms with E-state index >= 15 is 0 Å². The number of aromatic nitrogens is 2. The van der Waals surface area contributed by atoms with E-state index in [0.717, 1.165) is 11.4 Å². The fraction of sp³-hybridized carbons (Fsp3) is 0.400. The largest absolute Gasteiger partial charge is 0.456 e. The number of nitrogens with zero attached hydrogens (tertiary/aromatic N) is 2. The molecule has 0 saturated heterocycles. The van der Waals surface area contributed by atoms with Crippen LogP contribution in [0, 0.1) is 6.92 Å². The van der Waals surface area contributed by atoms with Crippen LogP contribution >= 0.6 is 0 Å². The molecule has 0 unspecified atom stereocenters. The predicted octanol–water partition coefficient (Wildman–Crippen LogP) is 1.35. The van der Waals surface area contributed by atoms with Crippen molar-refractivity contribution in [3.63, 3.8) is 0 Å². The van der Waals surface area contributed by atoms with Crippen LogP contribution < -0.4 is 0 Å². The summed E-state index contributed by atoms with van der Waals surface area (Å²) in [6, 6.07) is 1.88. The van der Waals surface area contributed by atoms with Gasteiger partial charge in [-0.3, -0.25) is 4.68 Å². The molecule has 0 aliphatic rings. The van der Waals surface area contributed by atoms with Crippen LogP contribution in [0.25, 0.3) is 0 Å². The molecule has 4 heteroatoms. The Kier molecular flexibility index (Phi) is 3.06. The van der Waals surface area contributed by atoms with Gasteiger partial charge in [0.05, 0.1) is 0 Å². The predicted molar refractivity (Wildman–Crippen MR) is 52.6 cm³/mol. The van der Waals surface area contributed by atoms with Gasteiger partial charge in [-0.05, 0) is 19.9 Å². The van der Waals surface area contributed by atoms with Crippen molar-refractivity contribution in [2.75, 3.05) is 0 Å². The summed E-state index contributed by atoms with van der Waals surface area (Å²) in [4.78, 5) is 11.1. The molecule has 0 radical (unpaired) electrons. The van der Waals surface area contributed by atoms with Gasteiger partial charge < -0.3 is 4.74 Å². The maximum atomic E-state index is 11.1. The van der Waals surface area contributed by atoms with Crippen LogP contribution in [-0.2, 0) is 23.2 Å². The molecule has 0 atom stereocenters. The van der Waals surface area contributed by atoms with Gasteiger partial charge in [-0.2, -0.15) is 5.10 Å². The zero-order valence-corrected chi connectivity index (χ0v) is 8.70. The smallest absolute Gasteiger partial charge is 0.333 e. The second kappa shape index (κ2) is 4.09. The molecule has 76 valence electrons. The van der Waals surface area contributed by atoms with Crippen LogP contribution in [0.2, 0.25) is 0 Å². The lowest BCUT2D eigenvalue weighted by Gasteiger charge is -2.00. The molecule has 1 aromatic rings. The number of rotatable bonds is 3. The molecule has 4 nitrogen and oxygen atoms in total. The Morgan fingerprint density at radius 2 is 2.36 bits per heavy atom. The molecule has 0 spiro atoms. The van der Waals surface area contributed by atoms with Crippen molar-refractivity contribution in [1.29, 1.82) is 0 Å². The number of aryl methyl sites for hydroxylation is 2. The van der Waals surface area contributed by atoms with E-state index in [4.69, 9.17) is 4.74 Å². The van der Waals surface area contributed by atoms with Gasteiger partial charge in [-0.1, -0.05) is 6.58 Å². The Hall–Kier alpha value is -1.58. The highest BCUT2D eigenvalue weighted by molar-refractivity contribution is 5.86. The first-order valence-corrected chi connectivity index (χ1v) is 4.33. The van der Waals surface area contributed by atoms with Crippen LogP contribution in [0.15, 0.2) is 18.2 Å². The molecular weight excluding hydrogens is 180 g/mol. The fourth-order valence-corrected chi connectivity index (χ4v) is 0.968. The average Bonchev–Trinajstić information content (AvgIpc) is 2.42. The van der Waals surface area contributed by atoms with Crippen LogP contribution in [0.3, 0.4) is 0 Å². The van der Waals surface area contributed by atoms with Gasteiger partial charge in [0.25, 0.3) is 0 Å². The van der Waals surface area contributed by atoms with E-state index < -0.39 is 0 Å². The molecule has 0 amide bonds. The van der Waals surface area contributed by atoms with E-state index in [2.05, 4.69) is 11.7 Å². The van der Waals surface area contributed by atoms with Crippen molar-refractivity contribution in [2.24, 2.45) is 7.05 Å². The van der Waals surface area contributed by atoms with Gasteiger partial charge in [0.1, 0.15) is 12.3 Å². The minimum Gasteiger partial charge on any atom is -0.456 e. The zero-order chi connectivity index (χ0) is 10.7. The summed E-state index contributed by atoms with van der Waals surface area (Å²) in [6.45, 7) is 7.25. The van der Waals surface area contributed by atoms with E-state index in [9.17, 15) is 4.79 Å². The highest BCUT2D eigenvalue weighted by atomic mass is 16.5. The van der Waals surface area contributed by atoms with Crippen LogP contribution in [-0.4, -0.2) is 15.7 Å². The molecule has 1 heterocycles. The van der Waals surface area contributed by atoms with E-state index in [1.165, 1.54) is 0 Å². The Bertz CT molecular complexity index is 347. The highest BCUT2D eigenvalue weighted by Gasteiger charge is 2.06. The van der Waals surface area contributed by atoms with Crippen LogP contribution in [0.5, 0.6) is 0 Å². The summed E-state index contributed by atoms with van der Waals surface area (Å²) in [6.07, 6.45) is 0. The SMILES string of the molecule is C=C(C)C(=O)OCc1cc(C)n(C)n1. The summed E-state index contributed by atoms with van der Waals surface area (Å²) in [5, 5.41) is 4.15. The minimum atomic E-state index is -0.381. The third kappa shape index (κ3) is 2.45.